The molecule has 0 amide bonds. The van der Waals surface area contributed by atoms with E-state index in [0.717, 1.165) is 0 Å². The molecule has 0 bridgehead atoms. The largest absolute Gasteiger partial charge is 0.358 e. The number of aromatic nitrogens is 2. The predicted molar refractivity (Wildman–Crippen MR) is 67.4 cm³/mol. The van der Waals surface area contributed by atoms with Crippen molar-refractivity contribution in [3.05, 3.63) is 48.4 Å². The highest BCUT2D eigenvalue weighted by Gasteiger charge is 2.10. The highest BCUT2D eigenvalue weighted by Crippen LogP contribution is 2.31. The lowest BCUT2D eigenvalue weighted by molar-refractivity contribution is 0.928. The van der Waals surface area contributed by atoms with Crippen LogP contribution in [-0.4, -0.2) is 9.55 Å². The number of aromatic amines is 1. The smallest absolute Gasteiger partial charge is 0.0462 e. The Labute approximate surface area is 94.5 Å². The monoisotopic (exact) mass is 210 g/mol. The highest BCUT2D eigenvalue weighted by atomic mass is 14.9. The third kappa shape index (κ3) is 1.27. The van der Waals surface area contributed by atoms with Gasteiger partial charge in [-0.25, -0.2) is 0 Å². The minimum absolute atomic E-state index is 1.21. The third-order valence-corrected chi connectivity index (χ3v) is 3.01. The van der Waals surface area contributed by atoms with Crippen molar-refractivity contribution in [1.82, 2.24) is 9.55 Å². The molecule has 1 aromatic carbocycles. The standard InChI is InChI=1S/C14H14N2/c1-10-14(11-7-8-16(2)9-11)12-5-3-4-6-13(12)15-10/h3-9,15H,1-2H3. The van der Waals surface area contributed by atoms with Gasteiger partial charge in [0.2, 0.25) is 0 Å². The molecule has 0 aliphatic carbocycles. The molecule has 1 N–H and O–H groups in total. The first kappa shape index (κ1) is 9.28. The molecule has 0 aliphatic heterocycles. The number of hydrogen-bond acceptors (Lipinski definition) is 0. The molecule has 0 unspecified atom stereocenters. The summed E-state index contributed by atoms with van der Waals surface area (Å²) in [6, 6.07) is 10.6. The van der Waals surface area contributed by atoms with Crippen LogP contribution in [0.4, 0.5) is 0 Å². The zero-order chi connectivity index (χ0) is 11.1. The number of aryl methyl sites for hydroxylation is 2. The fourth-order valence-corrected chi connectivity index (χ4v) is 2.30. The summed E-state index contributed by atoms with van der Waals surface area (Å²) in [5.41, 5.74) is 5.03. The zero-order valence-electron chi connectivity index (χ0n) is 9.49. The van der Waals surface area contributed by atoms with E-state index in [0.29, 0.717) is 0 Å². The Kier molecular flexibility index (Phi) is 1.90. The van der Waals surface area contributed by atoms with Gasteiger partial charge in [-0.2, -0.15) is 0 Å². The van der Waals surface area contributed by atoms with E-state index in [1.165, 1.54) is 27.7 Å². The Balaban J connectivity index is 2.34. The number of H-pyrrole nitrogens is 1. The second kappa shape index (κ2) is 3.27. The maximum atomic E-state index is 3.43. The molecular weight excluding hydrogens is 196 g/mol. The fraction of sp³-hybridized carbons (Fsp3) is 0.143. The lowest BCUT2D eigenvalue weighted by atomic mass is 10.1. The average Bonchev–Trinajstić information content (AvgIpc) is 2.80. The van der Waals surface area contributed by atoms with E-state index < -0.39 is 0 Å². The van der Waals surface area contributed by atoms with Gasteiger partial charge in [0.05, 0.1) is 0 Å². The Hall–Kier alpha value is -1.96. The Morgan fingerprint density at radius 1 is 1.12 bits per heavy atom. The van der Waals surface area contributed by atoms with Gasteiger partial charge in [-0.05, 0) is 19.1 Å². The molecule has 0 saturated carbocycles. The van der Waals surface area contributed by atoms with E-state index in [9.17, 15) is 0 Å². The van der Waals surface area contributed by atoms with Crippen molar-refractivity contribution < 1.29 is 0 Å². The summed E-state index contributed by atoms with van der Waals surface area (Å²) in [7, 11) is 2.05. The van der Waals surface area contributed by atoms with E-state index in [1.807, 2.05) is 7.05 Å². The SMILES string of the molecule is Cc1[nH]c2ccccc2c1-c1ccn(C)c1. The summed E-state index contributed by atoms with van der Waals surface area (Å²) in [6.07, 6.45) is 4.24. The van der Waals surface area contributed by atoms with Gasteiger partial charge in [0, 0.05) is 47.2 Å². The maximum absolute atomic E-state index is 3.43. The molecule has 0 saturated heterocycles. The highest BCUT2D eigenvalue weighted by molar-refractivity contribution is 5.97. The van der Waals surface area contributed by atoms with Gasteiger partial charge >= 0.3 is 0 Å². The van der Waals surface area contributed by atoms with Crippen molar-refractivity contribution in [2.24, 2.45) is 7.05 Å². The number of para-hydroxylation sites is 1. The summed E-state index contributed by atoms with van der Waals surface area (Å²) in [5.74, 6) is 0. The molecule has 0 radical (unpaired) electrons. The van der Waals surface area contributed by atoms with E-state index in [1.54, 1.807) is 0 Å². The molecule has 2 aromatic heterocycles. The predicted octanol–water partition coefficient (Wildman–Crippen LogP) is 3.48. The molecule has 2 heteroatoms. The maximum Gasteiger partial charge on any atom is 0.0462 e. The second-order valence-electron chi connectivity index (χ2n) is 4.24. The van der Waals surface area contributed by atoms with Crippen molar-refractivity contribution in [2.75, 3.05) is 0 Å². The molecule has 80 valence electrons. The Morgan fingerprint density at radius 3 is 2.69 bits per heavy atom. The number of nitrogens with one attached hydrogen (secondary N) is 1. The molecule has 0 spiro atoms. The van der Waals surface area contributed by atoms with Gasteiger partial charge in [-0.1, -0.05) is 18.2 Å². The number of rotatable bonds is 1. The molecule has 2 heterocycles. The van der Waals surface area contributed by atoms with E-state index in [4.69, 9.17) is 0 Å². The number of nitrogens with zero attached hydrogens (tertiary/aromatic N) is 1. The van der Waals surface area contributed by atoms with Gasteiger partial charge in [-0.15, -0.1) is 0 Å². The molecule has 16 heavy (non-hydrogen) atoms. The van der Waals surface area contributed by atoms with Crippen molar-refractivity contribution >= 4 is 10.9 Å². The number of benzene rings is 1. The molecule has 0 aliphatic rings. The van der Waals surface area contributed by atoms with Crippen molar-refractivity contribution in [1.29, 1.82) is 0 Å². The Morgan fingerprint density at radius 2 is 1.94 bits per heavy atom. The van der Waals surface area contributed by atoms with Crippen LogP contribution in [0.25, 0.3) is 22.0 Å². The topological polar surface area (TPSA) is 20.7 Å². The minimum atomic E-state index is 1.21. The van der Waals surface area contributed by atoms with Crippen LogP contribution in [0.2, 0.25) is 0 Å². The molecule has 0 fully saturated rings. The van der Waals surface area contributed by atoms with E-state index in [2.05, 4.69) is 59.2 Å². The first-order valence-electron chi connectivity index (χ1n) is 5.45. The van der Waals surface area contributed by atoms with E-state index >= 15 is 0 Å². The first-order chi connectivity index (χ1) is 7.75. The molecular formula is C14H14N2. The van der Waals surface area contributed by atoms with Crippen LogP contribution < -0.4 is 0 Å². The third-order valence-electron chi connectivity index (χ3n) is 3.01. The van der Waals surface area contributed by atoms with Crippen LogP contribution in [0.1, 0.15) is 5.69 Å². The summed E-state index contributed by atoms with van der Waals surface area (Å²) in [5, 5.41) is 1.30. The van der Waals surface area contributed by atoms with Crippen LogP contribution in [0, 0.1) is 6.92 Å². The van der Waals surface area contributed by atoms with Crippen LogP contribution in [-0.2, 0) is 7.05 Å². The quantitative estimate of drug-likeness (QED) is 0.634. The van der Waals surface area contributed by atoms with Gasteiger partial charge in [0.1, 0.15) is 0 Å². The molecule has 3 rings (SSSR count). The lowest BCUT2D eigenvalue weighted by Gasteiger charge is -1.97. The number of hydrogen-bond donors (Lipinski definition) is 1. The summed E-state index contributed by atoms with van der Waals surface area (Å²) >= 11 is 0. The van der Waals surface area contributed by atoms with Crippen molar-refractivity contribution in [3.63, 3.8) is 0 Å². The normalized spacial score (nSPS) is 11.1. The van der Waals surface area contributed by atoms with Crippen LogP contribution in [0.3, 0.4) is 0 Å². The molecule has 0 atom stereocenters. The van der Waals surface area contributed by atoms with Crippen LogP contribution in [0.5, 0.6) is 0 Å². The summed E-state index contributed by atoms with van der Waals surface area (Å²) in [4.78, 5) is 3.43. The number of fused-ring (bicyclic) bond motifs is 1. The van der Waals surface area contributed by atoms with Crippen LogP contribution >= 0.6 is 0 Å². The van der Waals surface area contributed by atoms with Crippen LogP contribution in [0.15, 0.2) is 42.7 Å². The van der Waals surface area contributed by atoms with Gasteiger partial charge < -0.3 is 9.55 Å². The van der Waals surface area contributed by atoms with E-state index in [-0.39, 0.29) is 0 Å². The Bertz CT molecular complexity index is 644. The molecule has 2 nitrogen and oxygen atoms in total. The minimum Gasteiger partial charge on any atom is -0.358 e. The van der Waals surface area contributed by atoms with Gasteiger partial charge in [0.15, 0.2) is 0 Å². The van der Waals surface area contributed by atoms with Gasteiger partial charge in [-0.3, -0.25) is 0 Å². The van der Waals surface area contributed by atoms with Gasteiger partial charge in [0.25, 0.3) is 0 Å². The zero-order valence-corrected chi connectivity index (χ0v) is 9.49. The first-order valence-corrected chi connectivity index (χ1v) is 5.45. The molecule has 3 aromatic rings. The fourth-order valence-electron chi connectivity index (χ4n) is 2.30. The van der Waals surface area contributed by atoms with Crippen molar-refractivity contribution in [2.45, 2.75) is 6.92 Å². The summed E-state index contributed by atoms with van der Waals surface area (Å²) in [6.45, 7) is 2.13. The lowest BCUT2D eigenvalue weighted by Crippen LogP contribution is -1.79. The second-order valence-corrected chi connectivity index (χ2v) is 4.24. The average molecular weight is 210 g/mol. The van der Waals surface area contributed by atoms with Crippen molar-refractivity contribution in [3.8, 4) is 11.1 Å². The summed E-state index contributed by atoms with van der Waals surface area (Å²) < 4.78 is 2.08.